The maximum Gasteiger partial charge on any atom is 0.341 e. The van der Waals surface area contributed by atoms with Gasteiger partial charge >= 0.3 is 5.97 Å². The Morgan fingerprint density at radius 1 is 1.36 bits per heavy atom. The molecular formula is C10H14N2O2. The van der Waals surface area contributed by atoms with E-state index in [9.17, 15) is 4.79 Å². The maximum atomic E-state index is 11.2. The quantitative estimate of drug-likeness (QED) is 0.683. The third-order valence-electron chi connectivity index (χ3n) is 1.69. The summed E-state index contributed by atoms with van der Waals surface area (Å²) >= 11 is 0. The number of rotatable bonds is 4. The smallest absolute Gasteiger partial charge is 0.341 e. The number of aryl methyl sites for hydroxylation is 1. The van der Waals surface area contributed by atoms with E-state index in [1.165, 1.54) is 12.4 Å². The van der Waals surface area contributed by atoms with Gasteiger partial charge in [-0.15, -0.1) is 0 Å². The number of hydrogen-bond acceptors (Lipinski definition) is 4. The average Bonchev–Trinajstić information content (AvgIpc) is 2.20. The van der Waals surface area contributed by atoms with Crippen molar-refractivity contribution in [2.75, 3.05) is 6.61 Å². The van der Waals surface area contributed by atoms with Gasteiger partial charge in [0.2, 0.25) is 0 Å². The summed E-state index contributed by atoms with van der Waals surface area (Å²) in [5.74, 6) is 0.399. The van der Waals surface area contributed by atoms with Crippen molar-refractivity contribution in [1.82, 2.24) is 9.97 Å². The van der Waals surface area contributed by atoms with E-state index in [1.54, 1.807) is 6.92 Å². The molecule has 0 saturated carbocycles. The lowest BCUT2D eigenvalue weighted by Crippen LogP contribution is -2.06. The van der Waals surface area contributed by atoms with Gasteiger partial charge in [-0.05, 0) is 13.3 Å². The van der Waals surface area contributed by atoms with Gasteiger partial charge in [-0.3, -0.25) is 0 Å². The summed E-state index contributed by atoms with van der Waals surface area (Å²) < 4.78 is 4.81. The van der Waals surface area contributed by atoms with E-state index >= 15 is 0 Å². The lowest BCUT2D eigenvalue weighted by molar-refractivity contribution is 0.0525. The minimum absolute atomic E-state index is 0.365. The van der Waals surface area contributed by atoms with Crippen LogP contribution in [0, 0.1) is 0 Å². The number of nitrogens with zero attached hydrogens (tertiary/aromatic N) is 2. The molecule has 0 unspecified atom stereocenters. The minimum Gasteiger partial charge on any atom is -0.462 e. The molecule has 14 heavy (non-hydrogen) atoms. The third-order valence-corrected chi connectivity index (χ3v) is 1.69. The second-order valence-electron chi connectivity index (χ2n) is 2.86. The van der Waals surface area contributed by atoms with Gasteiger partial charge in [0, 0.05) is 18.8 Å². The van der Waals surface area contributed by atoms with E-state index in [1.807, 2.05) is 0 Å². The third kappa shape index (κ3) is 2.80. The Morgan fingerprint density at radius 3 is 2.50 bits per heavy atom. The van der Waals surface area contributed by atoms with Crippen molar-refractivity contribution in [1.29, 1.82) is 0 Å². The second kappa shape index (κ2) is 5.32. The van der Waals surface area contributed by atoms with Crippen LogP contribution in [0.15, 0.2) is 12.4 Å². The number of ether oxygens (including phenoxy) is 1. The Bertz CT molecular complexity index is 295. The van der Waals surface area contributed by atoms with Crippen molar-refractivity contribution in [3.63, 3.8) is 0 Å². The molecule has 0 aliphatic carbocycles. The molecule has 0 spiro atoms. The summed E-state index contributed by atoms with van der Waals surface area (Å²) in [7, 11) is 0. The molecule has 0 saturated heterocycles. The number of aromatic nitrogens is 2. The first kappa shape index (κ1) is 10.6. The van der Waals surface area contributed by atoms with Crippen molar-refractivity contribution in [3.8, 4) is 0 Å². The zero-order valence-electron chi connectivity index (χ0n) is 8.49. The Kier molecular flexibility index (Phi) is 4.04. The normalized spacial score (nSPS) is 9.86. The minimum atomic E-state index is -0.365. The van der Waals surface area contributed by atoms with Gasteiger partial charge in [-0.2, -0.15) is 0 Å². The predicted octanol–water partition coefficient (Wildman–Crippen LogP) is 1.61. The molecule has 0 N–H and O–H groups in total. The summed E-state index contributed by atoms with van der Waals surface area (Å²) in [6.07, 6.45) is 4.85. The zero-order valence-corrected chi connectivity index (χ0v) is 8.49. The summed E-state index contributed by atoms with van der Waals surface area (Å²) in [5.41, 5.74) is 0.409. The van der Waals surface area contributed by atoms with Crippen LogP contribution in [-0.2, 0) is 11.2 Å². The molecule has 0 aliphatic rings. The molecule has 4 heteroatoms. The van der Waals surface area contributed by atoms with Crippen LogP contribution in [-0.4, -0.2) is 22.5 Å². The molecule has 0 aliphatic heterocycles. The van der Waals surface area contributed by atoms with Crippen LogP contribution in [0.1, 0.15) is 36.5 Å². The highest BCUT2D eigenvalue weighted by Crippen LogP contribution is 2.00. The molecule has 1 aromatic rings. The van der Waals surface area contributed by atoms with Gasteiger partial charge in [0.25, 0.3) is 0 Å². The van der Waals surface area contributed by atoms with E-state index in [-0.39, 0.29) is 5.97 Å². The monoisotopic (exact) mass is 194 g/mol. The fourth-order valence-electron chi connectivity index (χ4n) is 1.03. The molecule has 76 valence electrons. The second-order valence-corrected chi connectivity index (χ2v) is 2.86. The maximum absolute atomic E-state index is 11.2. The number of carbonyl (C=O) groups is 1. The first-order chi connectivity index (χ1) is 6.77. The molecule has 0 aromatic carbocycles. The van der Waals surface area contributed by atoms with Crippen LogP contribution >= 0.6 is 0 Å². The van der Waals surface area contributed by atoms with E-state index in [4.69, 9.17) is 4.74 Å². The van der Waals surface area contributed by atoms with Gasteiger partial charge in [0.1, 0.15) is 5.82 Å². The highest BCUT2D eigenvalue weighted by molar-refractivity contribution is 5.88. The van der Waals surface area contributed by atoms with Crippen LogP contribution in [0.2, 0.25) is 0 Å². The molecule has 1 aromatic heterocycles. The van der Waals surface area contributed by atoms with Crippen LogP contribution in [0.4, 0.5) is 0 Å². The highest BCUT2D eigenvalue weighted by atomic mass is 16.5. The SMILES string of the molecule is CCCc1ncc(C(=O)OCC)cn1. The van der Waals surface area contributed by atoms with Crippen LogP contribution in [0.5, 0.6) is 0 Å². The Balaban J connectivity index is 2.67. The van der Waals surface area contributed by atoms with Gasteiger partial charge < -0.3 is 4.74 Å². The van der Waals surface area contributed by atoms with Crippen LogP contribution < -0.4 is 0 Å². The van der Waals surface area contributed by atoms with Crippen molar-refractivity contribution in [2.24, 2.45) is 0 Å². The molecule has 1 rings (SSSR count). The average molecular weight is 194 g/mol. The number of hydrogen-bond donors (Lipinski definition) is 0. The summed E-state index contributed by atoms with van der Waals surface area (Å²) in [6.45, 7) is 4.20. The first-order valence-corrected chi connectivity index (χ1v) is 4.76. The van der Waals surface area contributed by atoms with E-state index in [0.717, 1.165) is 18.7 Å². The fraction of sp³-hybridized carbons (Fsp3) is 0.500. The molecule has 0 fully saturated rings. The summed E-state index contributed by atoms with van der Waals surface area (Å²) in [6, 6.07) is 0. The van der Waals surface area contributed by atoms with Crippen molar-refractivity contribution in [3.05, 3.63) is 23.8 Å². The predicted molar refractivity (Wildman–Crippen MR) is 52.0 cm³/mol. The van der Waals surface area contributed by atoms with Crippen molar-refractivity contribution >= 4 is 5.97 Å². The molecular weight excluding hydrogens is 180 g/mol. The molecule has 0 bridgehead atoms. The lowest BCUT2D eigenvalue weighted by Gasteiger charge is -2.01. The highest BCUT2D eigenvalue weighted by Gasteiger charge is 2.06. The lowest BCUT2D eigenvalue weighted by atomic mass is 10.3. The Morgan fingerprint density at radius 2 is 2.00 bits per heavy atom. The molecule has 0 amide bonds. The van der Waals surface area contributed by atoms with Gasteiger partial charge in [-0.25, -0.2) is 14.8 Å². The Hall–Kier alpha value is -1.45. The molecule has 1 heterocycles. The van der Waals surface area contributed by atoms with E-state index in [2.05, 4.69) is 16.9 Å². The molecule has 0 radical (unpaired) electrons. The summed E-state index contributed by atoms with van der Waals surface area (Å²) in [5, 5.41) is 0. The van der Waals surface area contributed by atoms with Crippen LogP contribution in [0.3, 0.4) is 0 Å². The number of esters is 1. The van der Waals surface area contributed by atoms with Crippen molar-refractivity contribution < 1.29 is 9.53 Å². The van der Waals surface area contributed by atoms with E-state index < -0.39 is 0 Å². The van der Waals surface area contributed by atoms with Gasteiger partial charge in [0.05, 0.1) is 12.2 Å². The standard InChI is InChI=1S/C10H14N2O2/c1-3-5-9-11-6-8(7-12-9)10(13)14-4-2/h6-7H,3-5H2,1-2H3. The topological polar surface area (TPSA) is 52.1 Å². The van der Waals surface area contributed by atoms with Gasteiger partial charge in [-0.1, -0.05) is 6.92 Å². The molecule has 4 nitrogen and oxygen atoms in total. The van der Waals surface area contributed by atoms with Gasteiger partial charge in [0.15, 0.2) is 0 Å². The van der Waals surface area contributed by atoms with E-state index in [0.29, 0.717) is 12.2 Å². The largest absolute Gasteiger partial charge is 0.462 e. The zero-order chi connectivity index (χ0) is 10.4. The summed E-state index contributed by atoms with van der Waals surface area (Å²) in [4.78, 5) is 19.3. The Labute approximate surface area is 83.3 Å². The van der Waals surface area contributed by atoms with Crippen molar-refractivity contribution in [2.45, 2.75) is 26.7 Å². The first-order valence-electron chi connectivity index (χ1n) is 4.76. The fourth-order valence-corrected chi connectivity index (χ4v) is 1.03. The van der Waals surface area contributed by atoms with Crippen LogP contribution in [0.25, 0.3) is 0 Å². The number of carbonyl (C=O) groups excluding carboxylic acids is 1. The molecule has 0 atom stereocenters.